The molecule has 0 aliphatic heterocycles. The van der Waals surface area contributed by atoms with E-state index in [0.29, 0.717) is 15.8 Å². The number of rotatable bonds is 3. The summed E-state index contributed by atoms with van der Waals surface area (Å²) in [6.45, 7) is 0. The highest BCUT2D eigenvalue weighted by Crippen LogP contribution is 2.28. The summed E-state index contributed by atoms with van der Waals surface area (Å²) in [6.07, 6.45) is 6.79. The Morgan fingerprint density at radius 2 is 2.39 bits per heavy atom. The molecule has 0 radical (unpaired) electrons. The fourth-order valence-electron chi connectivity index (χ4n) is 2.13. The summed E-state index contributed by atoms with van der Waals surface area (Å²) in [4.78, 5) is 15.9. The number of nitrogens with zero attached hydrogens (tertiary/aromatic N) is 1. The van der Waals surface area contributed by atoms with E-state index in [1.807, 2.05) is 11.8 Å². The van der Waals surface area contributed by atoms with Crippen LogP contribution in [0.5, 0.6) is 0 Å². The summed E-state index contributed by atoms with van der Waals surface area (Å²) in [6, 6.07) is 1.81. The Labute approximate surface area is 116 Å². The maximum absolute atomic E-state index is 12.0. The summed E-state index contributed by atoms with van der Waals surface area (Å²) < 4.78 is 0. The number of amides is 1. The molecule has 3 N–H and O–H groups in total. The molecule has 1 heterocycles. The minimum Gasteiger partial charge on any atom is -0.382 e. The maximum atomic E-state index is 12.0. The number of aromatic nitrogens is 1. The van der Waals surface area contributed by atoms with Crippen LogP contribution in [0.15, 0.2) is 12.3 Å². The average molecular weight is 286 g/mol. The molecule has 1 aliphatic carbocycles. The number of pyridine rings is 1. The zero-order valence-electron chi connectivity index (χ0n) is 10.1. The van der Waals surface area contributed by atoms with Crippen LogP contribution < -0.4 is 11.1 Å². The Balaban J connectivity index is 1.97. The Morgan fingerprint density at radius 3 is 3.00 bits per heavy atom. The second-order valence-corrected chi connectivity index (χ2v) is 5.98. The fraction of sp³-hybridized carbons (Fsp3) is 0.500. The summed E-state index contributed by atoms with van der Waals surface area (Å²) in [7, 11) is 0. The number of nitrogens with two attached hydrogens (primary N) is 1. The van der Waals surface area contributed by atoms with Crippen LogP contribution in [0.4, 0.5) is 5.82 Å². The Kier molecular flexibility index (Phi) is 4.35. The van der Waals surface area contributed by atoms with Crippen molar-refractivity contribution in [1.29, 1.82) is 0 Å². The molecule has 1 amide bonds. The number of hydrogen-bond donors (Lipinski definition) is 2. The van der Waals surface area contributed by atoms with E-state index >= 15 is 0 Å². The number of hydrogen-bond acceptors (Lipinski definition) is 4. The van der Waals surface area contributed by atoms with Crippen LogP contribution in [0.1, 0.15) is 29.6 Å². The van der Waals surface area contributed by atoms with Gasteiger partial charge in [0, 0.05) is 17.5 Å². The molecule has 1 fully saturated rings. The lowest BCUT2D eigenvalue weighted by Gasteiger charge is -2.13. The largest absolute Gasteiger partial charge is 0.382 e. The van der Waals surface area contributed by atoms with Gasteiger partial charge >= 0.3 is 0 Å². The first kappa shape index (κ1) is 13.5. The molecule has 0 aromatic carbocycles. The summed E-state index contributed by atoms with van der Waals surface area (Å²) >= 11 is 7.71. The van der Waals surface area contributed by atoms with Gasteiger partial charge in [0.15, 0.2) is 0 Å². The minimum absolute atomic E-state index is 0.129. The highest BCUT2D eigenvalue weighted by Gasteiger charge is 2.25. The van der Waals surface area contributed by atoms with E-state index in [1.165, 1.54) is 6.20 Å². The van der Waals surface area contributed by atoms with Crippen LogP contribution in [-0.2, 0) is 0 Å². The quantitative estimate of drug-likeness (QED) is 0.894. The van der Waals surface area contributed by atoms with Crippen molar-refractivity contribution in [3.63, 3.8) is 0 Å². The predicted octanol–water partition coefficient (Wildman–Crippen LogP) is 2.33. The van der Waals surface area contributed by atoms with Crippen LogP contribution in [0.25, 0.3) is 0 Å². The number of carbonyl (C=O) groups is 1. The third-order valence-electron chi connectivity index (χ3n) is 3.18. The normalized spacial score (nSPS) is 23.0. The van der Waals surface area contributed by atoms with Crippen LogP contribution in [0.3, 0.4) is 0 Å². The third-order valence-corrected chi connectivity index (χ3v) is 4.58. The molecule has 2 unspecified atom stereocenters. The zero-order valence-corrected chi connectivity index (χ0v) is 11.7. The lowest BCUT2D eigenvalue weighted by atomic mass is 10.2. The lowest BCUT2D eigenvalue weighted by molar-refractivity contribution is 0.0937. The molecule has 6 heteroatoms. The van der Waals surface area contributed by atoms with Crippen molar-refractivity contribution in [1.82, 2.24) is 10.3 Å². The first-order valence-electron chi connectivity index (χ1n) is 5.85. The highest BCUT2D eigenvalue weighted by molar-refractivity contribution is 7.99. The Hall–Kier alpha value is -0.940. The van der Waals surface area contributed by atoms with Crippen LogP contribution >= 0.6 is 23.4 Å². The van der Waals surface area contributed by atoms with Gasteiger partial charge in [-0.25, -0.2) is 4.98 Å². The fourth-order valence-corrected chi connectivity index (χ4v) is 3.09. The van der Waals surface area contributed by atoms with Gasteiger partial charge in [0.2, 0.25) is 0 Å². The van der Waals surface area contributed by atoms with Gasteiger partial charge in [-0.15, -0.1) is 0 Å². The second-order valence-electron chi connectivity index (χ2n) is 4.43. The lowest BCUT2D eigenvalue weighted by Crippen LogP contribution is -2.33. The summed E-state index contributed by atoms with van der Waals surface area (Å²) in [5, 5.41) is 3.99. The monoisotopic (exact) mass is 285 g/mol. The second kappa shape index (κ2) is 5.80. The van der Waals surface area contributed by atoms with Crippen LogP contribution in [0.2, 0.25) is 5.02 Å². The molecule has 4 nitrogen and oxygen atoms in total. The van der Waals surface area contributed by atoms with E-state index < -0.39 is 0 Å². The molecule has 0 spiro atoms. The highest BCUT2D eigenvalue weighted by atomic mass is 35.5. The van der Waals surface area contributed by atoms with Gasteiger partial charge in [-0.3, -0.25) is 4.79 Å². The Morgan fingerprint density at radius 1 is 1.61 bits per heavy atom. The summed E-state index contributed by atoms with van der Waals surface area (Å²) in [5.41, 5.74) is 5.97. The van der Waals surface area contributed by atoms with Crippen LogP contribution in [-0.4, -0.2) is 28.4 Å². The topological polar surface area (TPSA) is 68.0 Å². The molecule has 18 heavy (non-hydrogen) atoms. The predicted molar refractivity (Wildman–Crippen MR) is 76.1 cm³/mol. The third kappa shape index (κ3) is 3.09. The first-order chi connectivity index (χ1) is 8.60. The smallest absolute Gasteiger partial charge is 0.253 e. The molecule has 2 atom stereocenters. The standard InChI is InChI=1S/C12H16ClN3OS/c1-18-9-3-2-8(5-9)16-12(17)7-4-10(13)11(14)15-6-7/h4,6,8-9H,2-3,5H2,1H3,(H2,14,15)(H,16,17). The summed E-state index contributed by atoms with van der Waals surface area (Å²) in [5.74, 6) is 0.118. The van der Waals surface area contributed by atoms with Gasteiger partial charge in [0.25, 0.3) is 5.91 Å². The zero-order chi connectivity index (χ0) is 13.1. The van der Waals surface area contributed by atoms with Crippen LogP contribution in [0, 0.1) is 0 Å². The van der Waals surface area contributed by atoms with Crippen molar-refractivity contribution in [2.45, 2.75) is 30.6 Å². The van der Waals surface area contributed by atoms with Crippen molar-refractivity contribution in [2.24, 2.45) is 0 Å². The van der Waals surface area contributed by atoms with Crippen molar-refractivity contribution in [2.75, 3.05) is 12.0 Å². The number of nitrogens with one attached hydrogen (secondary N) is 1. The molecular weight excluding hydrogens is 270 g/mol. The van der Waals surface area contributed by atoms with E-state index in [0.717, 1.165) is 19.3 Å². The molecule has 1 aromatic heterocycles. The van der Waals surface area contributed by atoms with E-state index in [1.54, 1.807) is 6.07 Å². The van der Waals surface area contributed by atoms with Gasteiger partial charge < -0.3 is 11.1 Å². The number of nitrogen functional groups attached to an aromatic ring is 1. The first-order valence-corrected chi connectivity index (χ1v) is 7.51. The number of halogens is 1. The van der Waals surface area contributed by atoms with E-state index in [2.05, 4.69) is 16.6 Å². The molecule has 98 valence electrons. The van der Waals surface area contributed by atoms with E-state index in [4.69, 9.17) is 17.3 Å². The van der Waals surface area contributed by atoms with Gasteiger partial charge in [-0.1, -0.05) is 11.6 Å². The molecular formula is C12H16ClN3OS. The molecule has 0 bridgehead atoms. The molecule has 1 saturated carbocycles. The molecule has 2 rings (SSSR count). The maximum Gasteiger partial charge on any atom is 0.253 e. The van der Waals surface area contributed by atoms with Crippen molar-refractivity contribution in [3.05, 3.63) is 22.8 Å². The van der Waals surface area contributed by atoms with Crippen molar-refractivity contribution < 1.29 is 4.79 Å². The minimum atomic E-state index is -0.129. The molecule has 0 saturated heterocycles. The number of thioether (sulfide) groups is 1. The van der Waals surface area contributed by atoms with Crippen molar-refractivity contribution in [3.8, 4) is 0 Å². The molecule has 1 aliphatic rings. The van der Waals surface area contributed by atoms with Gasteiger partial charge in [-0.05, 0) is 31.6 Å². The van der Waals surface area contributed by atoms with E-state index in [9.17, 15) is 4.79 Å². The number of carbonyl (C=O) groups excluding carboxylic acids is 1. The number of anilines is 1. The van der Waals surface area contributed by atoms with E-state index in [-0.39, 0.29) is 17.8 Å². The van der Waals surface area contributed by atoms with Gasteiger partial charge in [-0.2, -0.15) is 11.8 Å². The average Bonchev–Trinajstić information content (AvgIpc) is 2.80. The SMILES string of the molecule is CSC1CCC(NC(=O)c2cnc(N)c(Cl)c2)C1. The molecule has 1 aromatic rings. The van der Waals surface area contributed by atoms with Gasteiger partial charge in [0.1, 0.15) is 5.82 Å². The van der Waals surface area contributed by atoms with Crippen molar-refractivity contribution >= 4 is 35.1 Å². The Bertz CT molecular complexity index is 455. The van der Waals surface area contributed by atoms with Gasteiger partial charge in [0.05, 0.1) is 10.6 Å².